The molecule has 0 unspecified atom stereocenters. The third kappa shape index (κ3) is 2.09. The van der Waals surface area contributed by atoms with Crippen molar-refractivity contribution in [2.24, 2.45) is 0 Å². The monoisotopic (exact) mass is 212 g/mol. The van der Waals surface area contributed by atoms with Crippen molar-refractivity contribution in [2.45, 2.75) is 38.2 Å². The van der Waals surface area contributed by atoms with Crippen LogP contribution in [0.1, 0.15) is 32.6 Å². The summed E-state index contributed by atoms with van der Waals surface area (Å²) in [6.45, 7) is 4.76. The first-order valence-corrected chi connectivity index (χ1v) is 5.91. The smallest absolute Gasteiger partial charge is 0.320 e. The molecule has 0 saturated carbocycles. The van der Waals surface area contributed by atoms with Crippen molar-refractivity contribution >= 4 is 6.03 Å². The zero-order valence-electron chi connectivity index (χ0n) is 9.41. The lowest BCUT2D eigenvalue weighted by Crippen LogP contribution is -2.65. The van der Waals surface area contributed by atoms with E-state index >= 15 is 0 Å². The minimum Gasteiger partial charge on any atom is -0.386 e. The fourth-order valence-corrected chi connectivity index (χ4v) is 2.31. The summed E-state index contributed by atoms with van der Waals surface area (Å²) >= 11 is 0. The lowest BCUT2D eigenvalue weighted by atomic mass is 9.92. The Morgan fingerprint density at radius 1 is 1.20 bits per heavy atom. The highest BCUT2D eigenvalue weighted by molar-refractivity contribution is 5.75. The molecule has 86 valence electrons. The highest BCUT2D eigenvalue weighted by Crippen LogP contribution is 2.25. The molecule has 1 N–H and O–H groups in total. The highest BCUT2D eigenvalue weighted by atomic mass is 16.3. The predicted molar refractivity (Wildman–Crippen MR) is 57.6 cm³/mol. The van der Waals surface area contributed by atoms with Crippen LogP contribution >= 0.6 is 0 Å². The Labute approximate surface area is 90.9 Å². The van der Waals surface area contributed by atoms with Gasteiger partial charge in [0, 0.05) is 13.1 Å². The Morgan fingerprint density at radius 3 is 2.33 bits per heavy atom. The van der Waals surface area contributed by atoms with Gasteiger partial charge in [-0.3, -0.25) is 0 Å². The van der Waals surface area contributed by atoms with Crippen LogP contribution in [0.2, 0.25) is 0 Å². The van der Waals surface area contributed by atoms with Crippen molar-refractivity contribution in [1.82, 2.24) is 9.80 Å². The Hall–Kier alpha value is -0.770. The maximum absolute atomic E-state index is 11.9. The largest absolute Gasteiger partial charge is 0.386 e. The van der Waals surface area contributed by atoms with Crippen molar-refractivity contribution in [1.29, 1.82) is 0 Å². The van der Waals surface area contributed by atoms with Gasteiger partial charge in [0.05, 0.1) is 18.7 Å². The van der Waals surface area contributed by atoms with Gasteiger partial charge >= 0.3 is 6.03 Å². The zero-order chi connectivity index (χ0) is 10.9. The number of rotatable bonds is 1. The van der Waals surface area contributed by atoms with E-state index in [0.29, 0.717) is 13.1 Å². The van der Waals surface area contributed by atoms with Crippen LogP contribution in [-0.4, -0.2) is 52.7 Å². The van der Waals surface area contributed by atoms with Crippen molar-refractivity contribution in [3.05, 3.63) is 0 Å². The molecule has 0 aromatic rings. The summed E-state index contributed by atoms with van der Waals surface area (Å²) in [5.41, 5.74) is -0.606. The average molecular weight is 212 g/mol. The molecule has 0 aliphatic carbocycles. The Morgan fingerprint density at radius 2 is 1.80 bits per heavy atom. The van der Waals surface area contributed by atoms with Crippen LogP contribution in [0.5, 0.6) is 0 Å². The SMILES string of the molecule is CCC1(O)CN(C(=O)N2CCCCC2)C1. The van der Waals surface area contributed by atoms with Crippen molar-refractivity contribution in [2.75, 3.05) is 26.2 Å². The molecule has 2 heterocycles. The number of hydrogen-bond donors (Lipinski definition) is 1. The summed E-state index contributed by atoms with van der Waals surface area (Å²) in [7, 11) is 0. The first kappa shape index (κ1) is 10.7. The second-order valence-corrected chi connectivity index (χ2v) is 4.76. The number of β-amino-alcohol motifs (C(OH)–C–C–N with tert-alkyl or cyclic N) is 1. The molecule has 2 aliphatic heterocycles. The molecule has 0 aromatic carbocycles. The van der Waals surface area contributed by atoms with Crippen LogP contribution in [-0.2, 0) is 0 Å². The lowest BCUT2D eigenvalue weighted by molar-refractivity contribution is -0.0834. The molecule has 2 aliphatic rings. The molecule has 2 amide bonds. The number of amides is 2. The van der Waals surface area contributed by atoms with E-state index < -0.39 is 5.60 Å². The number of carbonyl (C=O) groups excluding carboxylic acids is 1. The number of carbonyl (C=O) groups is 1. The molecule has 4 nitrogen and oxygen atoms in total. The van der Waals surface area contributed by atoms with Crippen molar-refractivity contribution < 1.29 is 9.90 Å². The highest BCUT2D eigenvalue weighted by Gasteiger charge is 2.43. The van der Waals surface area contributed by atoms with E-state index in [2.05, 4.69) is 0 Å². The normalized spacial score (nSPS) is 24.9. The molecule has 2 rings (SSSR count). The summed E-state index contributed by atoms with van der Waals surface area (Å²) in [5.74, 6) is 0. The molecule has 0 radical (unpaired) electrons. The number of nitrogens with zero attached hydrogens (tertiary/aromatic N) is 2. The average Bonchev–Trinajstić information content (AvgIpc) is 2.25. The first-order valence-electron chi connectivity index (χ1n) is 5.91. The van der Waals surface area contributed by atoms with Crippen LogP contribution in [0.4, 0.5) is 4.79 Å². The van der Waals surface area contributed by atoms with Crippen LogP contribution in [0.15, 0.2) is 0 Å². The molecule has 0 bridgehead atoms. The van der Waals surface area contributed by atoms with Crippen LogP contribution in [0.3, 0.4) is 0 Å². The number of aliphatic hydroxyl groups is 1. The van der Waals surface area contributed by atoms with Gasteiger partial charge in [0.1, 0.15) is 0 Å². The minimum atomic E-state index is -0.606. The zero-order valence-corrected chi connectivity index (χ0v) is 9.41. The van der Waals surface area contributed by atoms with E-state index in [9.17, 15) is 9.90 Å². The number of piperidine rings is 1. The molecule has 4 heteroatoms. The standard InChI is InChI=1S/C11H20N2O2/c1-2-11(15)8-13(9-11)10(14)12-6-4-3-5-7-12/h15H,2-9H2,1H3. The minimum absolute atomic E-state index is 0.118. The molecule has 0 atom stereocenters. The van der Waals surface area contributed by atoms with E-state index in [1.807, 2.05) is 11.8 Å². The second kappa shape index (κ2) is 4.00. The Balaban J connectivity index is 1.83. The molecule has 0 aromatic heterocycles. The molecule has 0 spiro atoms. The summed E-state index contributed by atoms with van der Waals surface area (Å²) in [5, 5.41) is 9.82. The topological polar surface area (TPSA) is 43.8 Å². The quantitative estimate of drug-likeness (QED) is 0.706. The van der Waals surface area contributed by atoms with Crippen LogP contribution in [0.25, 0.3) is 0 Å². The fourth-order valence-electron chi connectivity index (χ4n) is 2.31. The molecule has 15 heavy (non-hydrogen) atoms. The summed E-state index contributed by atoms with van der Waals surface area (Å²) < 4.78 is 0. The molecular formula is C11H20N2O2. The van der Waals surface area contributed by atoms with Gasteiger partial charge in [-0.2, -0.15) is 0 Å². The van der Waals surface area contributed by atoms with Crippen molar-refractivity contribution in [3.63, 3.8) is 0 Å². The van der Waals surface area contributed by atoms with E-state index in [0.717, 1.165) is 32.4 Å². The third-order valence-electron chi connectivity index (χ3n) is 3.53. The molecular weight excluding hydrogens is 192 g/mol. The first-order chi connectivity index (χ1) is 7.14. The number of likely N-dealkylation sites (tertiary alicyclic amines) is 2. The van der Waals surface area contributed by atoms with Crippen LogP contribution in [0, 0.1) is 0 Å². The van der Waals surface area contributed by atoms with Crippen molar-refractivity contribution in [3.8, 4) is 0 Å². The summed E-state index contributed by atoms with van der Waals surface area (Å²) in [6.07, 6.45) is 4.22. The predicted octanol–water partition coefficient (Wildman–Crippen LogP) is 1.05. The van der Waals surface area contributed by atoms with E-state index in [4.69, 9.17) is 0 Å². The van der Waals surface area contributed by atoms with Gasteiger partial charge in [-0.25, -0.2) is 4.79 Å². The fraction of sp³-hybridized carbons (Fsp3) is 0.909. The number of urea groups is 1. The van der Waals surface area contributed by atoms with Crippen LogP contribution < -0.4 is 0 Å². The van der Waals surface area contributed by atoms with Gasteiger partial charge in [-0.05, 0) is 25.7 Å². The Kier molecular flexibility index (Phi) is 2.87. The van der Waals surface area contributed by atoms with Gasteiger partial charge in [-0.15, -0.1) is 0 Å². The summed E-state index contributed by atoms with van der Waals surface area (Å²) in [4.78, 5) is 15.6. The summed E-state index contributed by atoms with van der Waals surface area (Å²) in [6, 6.07) is 0.118. The van der Waals surface area contributed by atoms with E-state index in [1.54, 1.807) is 4.90 Å². The van der Waals surface area contributed by atoms with Gasteiger partial charge in [0.15, 0.2) is 0 Å². The molecule has 2 saturated heterocycles. The second-order valence-electron chi connectivity index (χ2n) is 4.76. The van der Waals surface area contributed by atoms with Gasteiger partial charge in [0.2, 0.25) is 0 Å². The Bertz CT molecular complexity index is 243. The lowest BCUT2D eigenvalue weighted by Gasteiger charge is -2.48. The molecule has 2 fully saturated rings. The number of hydrogen-bond acceptors (Lipinski definition) is 2. The third-order valence-corrected chi connectivity index (χ3v) is 3.53. The van der Waals surface area contributed by atoms with E-state index in [-0.39, 0.29) is 6.03 Å². The maximum Gasteiger partial charge on any atom is 0.320 e. The maximum atomic E-state index is 11.9. The van der Waals surface area contributed by atoms with Gasteiger partial charge in [-0.1, -0.05) is 6.92 Å². The van der Waals surface area contributed by atoms with Gasteiger partial charge in [0.25, 0.3) is 0 Å². The van der Waals surface area contributed by atoms with E-state index in [1.165, 1.54) is 6.42 Å². The van der Waals surface area contributed by atoms with Gasteiger partial charge < -0.3 is 14.9 Å².